The highest BCUT2D eigenvalue weighted by Gasteiger charge is 2.52. The number of anilines is 1. The molecular formula is C28H30N6O5S. The predicted molar refractivity (Wildman–Crippen MR) is 150 cm³/mol. The quantitative estimate of drug-likeness (QED) is 0.378. The first kappa shape index (κ1) is 26.4. The Labute approximate surface area is 235 Å². The molecule has 4 amide bonds. The lowest BCUT2D eigenvalue weighted by Crippen LogP contribution is -2.62. The number of aromatic nitrogens is 1. The van der Waals surface area contributed by atoms with Crippen molar-refractivity contribution in [2.45, 2.75) is 36.8 Å². The van der Waals surface area contributed by atoms with Gasteiger partial charge in [-0.15, -0.1) is 0 Å². The van der Waals surface area contributed by atoms with Crippen molar-refractivity contribution < 1.29 is 23.9 Å². The molecular weight excluding hydrogens is 532 g/mol. The number of rotatable bonds is 7. The van der Waals surface area contributed by atoms with Crippen molar-refractivity contribution in [1.82, 2.24) is 26.3 Å². The third kappa shape index (κ3) is 4.93. The zero-order valence-corrected chi connectivity index (χ0v) is 22.7. The number of amides is 4. The third-order valence-corrected chi connectivity index (χ3v) is 8.90. The zero-order valence-electron chi connectivity index (χ0n) is 21.9. The molecule has 11 nitrogen and oxygen atoms in total. The molecule has 1 aromatic heterocycles. The number of carbonyl (C=O) groups is 3. The molecule has 4 unspecified atom stereocenters. The fourth-order valence-electron chi connectivity index (χ4n) is 5.66. The molecule has 5 heterocycles. The summed E-state index contributed by atoms with van der Waals surface area (Å²) in [6, 6.07) is 10.0. The lowest BCUT2D eigenvalue weighted by Gasteiger charge is -2.46. The van der Waals surface area contributed by atoms with Crippen molar-refractivity contribution in [3.05, 3.63) is 71.4 Å². The fourth-order valence-corrected chi connectivity index (χ4v) is 7.06. The number of carbonyl (C=O) groups excluding carboxylic acids is 3. The van der Waals surface area contributed by atoms with Crippen molar-refractivity contribution in [2.24, 2.45) is 5.92 Å². The van der Waals surface area contributed by atoms with Crippen LogP contribution in [0.5, 0.6) is 11.6 Å². The number of hydrogen-bond acceptors (Lipinski definition) is 8. The van der Waals surface area contributed by atoms with E-state index in [-0.39, 0.29) is 47.8 Å². The Morgan fingerprint density at radius 1 is 1.23 bits per heavy atom. The standard InChI is InChI=1S/C28H30N6O5S/c1-3-21(35)31-17-13-38-14-18(17)32-26(36)25-24-23-19(9-10-29-27(23)40-25)34(28(37)33-24)20-12-30-22(11-15(20)2)39-16-7-5-4-6-8-16/h3-8,11-12,17-19,23,27,29H,1,9-10,13-14H2,2H3,(H,31,35)(H,32,36)(H,33,37)/t17?,18-,19?,23?,27?/m0/s1. The molecule has 0 aliphatic carbocycles. The number of pyridine rings is 1. The van der Waals surface area contributed by atoms with Gasteiger partial charge in [0.05, 0.1) is 53.5 Å². The number of nitrogens with one attached hydrogen (secondary N) is 4. The molecule has 0 bridgehead atoms. The van der Waals surface area contributed by atoms with Crippen molar-refractivity contribution in [1.29, 1.82) is 0 Å². The molecule has 12 heteroatoms. The minimum absolute atomic E-state index is 0.0670. The molecule has 6 rings (SSSR count). The van der Waals surface area contributed by atoms with Gasteiger partial charge in [-0.2, -0.15) is 0 Å². The smallest absolute Gasteiger partial charge is 0.326 e. The average molecular weight is 563 g/mol. The molecule has 0 saturated carbocycles. The van der Waals surface area contributed by atoms with E-state index in [4.69, 9.17) is 9.47 Å². The molecule has 208 valence electrons. The first-order valence-electron chi connectivity index (χ1n) is 13.2. The van der Waals surface area contributed by atoms with E-state index in [0.29, 0.717) is 41.1 Å². The number of aryl methyl sites for hydroxylation is 1. The maximum Gasteiger partial charge on any atom is 0.326 e. The van der Waals surface area contributed by atoms with Crippen molar-refractivity contribution in [3.63, 3.8) is 0 Å². The topological polar surface area (TPSA) is 134 Å². The number of nitrogens with zero attached hydrogens (tertiary/aromatic N) is 2. The SMILES string of the molecule is C=CC(=O)NC1COC[C@@H]1NC(=O)C1=C2NC(=O)N(c3cnc(Oc4ccccc4)cc3C)C3CCNC(S1)C23. The van der Waals surface area contributed by atoms with Crippen molar-refractivity contribution in [3.8, 4) is 11.6 Å². The number of urea groups is 1. The first-order chi connectivity index (χ1) is 19.4. The van der Waals surface area contributed by atoms with Crippen LogP contribution >= 0.6 is 11.8 Å². The summed E-state index contributed by atoms with van der Waals surface area (Å²) < 4.78 is 11.4. The van der Waals surface area contributed by atoms with Gasteiger partial charge in [0.1, 0.15) is 5.75 Å². The Kier molecular flexibility index (Phi) is 7.22. The summed E-state index contributed by atoms with van der Waals surface area (Å²) in [5, 5.41) is 12.3. The van der Waals surface area contributed by atoms with E-state index in [0.717, 1.165) is 12.0 Å². The summed E-state index contributed by atoms with van der Waals surface area (Å²) in [5.41, 5.74) is 2.19. The normalized spacial score (nSPS) is 27.1. The molecule has 4 aliphatic rings. The molecule has 40 heavy (non-hydrogen) atoms. The predicted octanol–water partition coefficient (Wildman–Crippen LogP) is 2.16. The second-order valence-electron chi connectivity index (χ2n) is 10.1. The number of piperidine rings is 1. The number of ether oxygens (including phenoxy) is 2. The molecule has 5 atom stereocenters. The zero-order chi connectivity index (χ0) is 27.8. The largest absolute Gasteiger partial charge is 0.439 e. The Bertz CT molecular complexity index is 1380. The van der Waals surface area contributed by atoms with Crippen LogP contribution in [0.25, 0.3) is 0 Å². The summed E-state index contributed by atoms with van der Waals surface area (Å²) in [4.78, 5) is 45.5. The van der Waals surface area contributed by atoms with Crippen LogP contribution in [0.2, 0.25) is 0 Å². The van der Waals surface area contributed by atoms with Gasteiger partial charge in [0.15, 0.2) is 0 Å². The Hall–Kier alpha value is -3.87. The number of hydrogen-bond donors (Lipinski definition) is 4. The first-order valence-corrected chi connectivity index (χ1v) is 14.1. The van der Waals surface area contributed by atoms with Gasteiger partial charge in [-0.25, -0.2) is 9.78 Å². The van der Waals surface area contributed by atoms with Gasteiger partial charge in [0.2, 0.25) is 11.8 Å². The van der Waals surface area contributed by atoms with E-state index < -0.39 is 6.04 Å². The highest BCUT2D eigenvalue weighted by atomic mass is 32.2. The lowest BCUT2D eigenvalue weighted by atomic mass is 9.86. The summed E-state index contributed by atoms with van der Waals surface area (Å²) >= 11 is 1.42. The number of para-hydroxylation sites is 1. The molecule has 2 aromatic rings. The Balaban J connectivity index is 1.22. The molecule has 0 radical (unpaired) electrons. The van der Waals surface area contributed by atoms with E-state index in [1.165, 1.54) is 17.8 Å². The van der Waals surface area contributed by atoms with E-state index in [9.17, 15) is 14.4 Å². The summed E-state index contributed by atoms with van der Waals surface area (Å²) in [6.45, 7) is 6.70. The van der Waals surface area contributed by atoms with Gasteiger partial charge in [0.25, 0.3) is 5.91 Å². The summed E-state index contributed by atoms with van der Waals surface area (Å²) in [6.07, 6.45) is 3.59. The highest BCUT2D eigenvalue weighted by molar-refractivity contribution is 8.04. The average Bonchev–Trinajstić information content (AvgIpc) is 3.55. The summed E-state index contributed by atoms with van der Waals surface area (Å²) in [7, 11) is 0. The van der Waals surface area contributed by atoms with Crippen molar-refractivity contribution >= 4 is 35.3 Å². The van der Waals surface area contributed by atoms with Crippen LogP contribution in [0.3, 0.4) is 0 Å². The lowest BCUT2D eigenvalue weighted by molar-refractivity contribution is -0.119. The fraction of sp³-hybridized carbons (Fsp3) is 0.357. The minimum Gasteiger partial charge on any atom is -0.439 e. The third-order valence-electron chi connectivity index (χ3n) is 7.54. The van der Waals surface area contributed by atoms with Crippen LogP contribution in [0.1, 0.15) is 12.0 Å². The van der Waals surface area contributed by atoms with Gasteiger partial charge < -0.3 is 30.7 Å². The van der Waals surface area contributed by atoms with Gasteiger partial charge in [-0.3, -0.25) is 14.5 Å². The maximum absolute atomic E-state index is 13.6. The Morgan fingerprint density at radius 3 is 2.75 bits per heavy atom. The van der Waals surface area contributed by atoms with Crippen LogP contribution in [0.4, 0.5) is 10.5 Å². The van der Waals surface area contributed by atoms with Crippen LogP contribution < -0.4 is 30.9 Å². The van der Waals surface area contributed by atoms with Gasteiger partial charge in [-0.05, 0) is 43.7 Å². The van der Waals surface area contributed by atoms with Gasteiger partial charge >= 0.3 is 6.03 Å². The molecule has 1 aromatic carbocycles. The van der Waals surface area contributed by atoms with E-state index in [2.05, 4.69) is 32.8 Å². The summed E-state index contributed by atoms with van der Waals surface area (Å²) in [5.74, 6) is 0.406. The monoisotopic (exact) mass is 562 g/mol. The van der Waals surface area contributed by atoms with Crippen molar-refractivity contribution in [2.75, 3.05) is 24.7 Å². The van der Waals surface area contributed by atoms with E-state index >= 15 is 0 Å². The molecule has 3 fully saturated rings. The van der Waals surface area contributed by atoms with Gasteiger partial charge in [0, 0.05) is 17.7 Å². The second-order valence-corrected chi connectivity index (χ2v) is 11.2. The second kappa shape index (κ2) is 11.0. The molecule has 4 N–H and O–H groups in total. The van der Waals surface area contributed by atoms with E-state index in [1.807, 2.05) is 43.3 Å². The molecule has 0 spiro atoms. The van der Waals surface area contributed by atoms with E-state index in [1.54, 1.807) is 11.1 Å². The Morgan fingerprint density at radius 2 is 2.00 bits per heavy atom. The van der Waals surface area contributed by atoms with Gasteiger partial charge in [-0.1, -0.05) is 36.5 Å². The van der Waals surface area contributed by atoms with Crippen LogP contribution in [-0.2, 0) is 14.3 Å². The van der Waals surface area contributed by atoms with Crippen LogP contribution in [0.15, 0.2) is 65.9 Å². The molecule has 4 aliphatic heterocycles. The molecule has 3 saturated heterocycles. The maximum atomic E-state index is 13.6. The van der Waals surface area contributed by atoms with Crippen LogP contribution in [0, 0.1) is 12.8 Å². The van der Waals surface area contributed by atoms with Crippen LogP contribution in [-0.4, -0.2) is 66.1 Å². The minimum atomic E-state index is -0.391. The number of thioether (sulfide) groups is 1. The highest BCUT2D eigenvalue weighted by Crippen LogP contribution is 2.48. The number of benzene rings is 1.